The largest absolute Gasteiger partial charge is 0.497 e. The van der Waals surface area contributed by atoms with Crippen LogP contribution >= 0.6 is 11.3 Å². The highest BCUT2D eigenvalue weighted by molar-refractivity contribution is 7.10. The average molecular weight is 329 g/mol. The maximum absolute atomic E-state index is 12.1. The highest BCUT2D eigenvalue weighted by Gasteiger charge is 2.38. The summed E-state index contributed by atoms with van der Waals surface area (Å²) < 4.78 is 5.27. The molecule has 1 amide bonds. The van der Waals surface area contributed by atoms with E-state index in [0.29, 0.717) is 6.42 Å². The number of methoxy groups -OCH3 is 1. The zero-order chi connectivity index (χ0) is 16.6. The van der Waals surface area contributed by atoms with Gasteiger partial charge >= 0.3 is 0 Å². The van der Waals surface area contributed by atoms with Crippen LogP contribution in [0, 0.1) is 5.41 Å². The lowest BCUT2D eigenvalue weighted by Gasteiger charge is -2.38. The predicted octanol–water partition coefficient (Wildman–Crippen LogP) is 3.03. The molecule has 0 spiro atoms. The molecule has 1 aromatic carbocycles. The van der Waals surface area contributed by atoms with Crippen LogP contribution in [0.4, 0.5) is 0 Å². The number of hydrogen-bond donors (Lipinski definition) is 2. The molecular formula is C17H19N3O2S. The molecule has 1 atom stereocenters. The molecular weight excluding hydrogens is 310 g/mol. The van der Waals surface area contributed by atoms with Crippen molar-refractivity contribution in [1.82, 2.24) is 10.2 Å². The molecule has 1 fully saturated rings. The third-order valence-corrected chi connectivity index (χ3v) is 5.35. The quantitative estimate of drug-likeness (QED) is 0.910. The number of benzene rings is 1. The van der Waals surface area contributed by atoms with Gasteiger partial charge in [0.25, 0.3) is 0 Å². The fourth-order valence-electron chi connectivity index (χ4n) is 2.66. The third kappa shape index (κ3) is 2.82. The van der Waals surface area contributed by atoms with Crippen molar-refractivity contribution in [3.63, 3.8) is 0 Å². The Morgan fingerprint density at radius 1 is 1.35 bits per heavy atom. The Labute approximate surface area is 139 Å². The van der Waals surface area contributed by atoms with Crippen molar-refractivity contribution in [2.75, 3.05) is 14.2 Å². The van der Waals surface area contributed by atoms with Gasteiger partial charge in [-0.3, -0.25) is 15.1 Å². The smallest absolute Gasteiger partial charge is 0.231 e. The standard InChI is InChI=1S/C17H19N3O2S/c1-17(9-15(21)20(2)16(18)19-17)14-8-12(10-23-14)11-5-4-6-13(7-11)22-3/h4-8,10H,9H2,1-3H3,(H2,18,19)/t17-/m0/s1. The molecule has 0 radical (unpaired) electrons. The summed E-state index contributed by atoms with van der Waals surface area (Å²) in [5.41, 5.74) is 1.62. The van der Waals surface area contributed by atoms with Crippen LogP contribution in [0.15, 0.2) is 35.7 Å². The van der Waals surface area contributed by atoms with Crippen LogP contribution in [0.25, 0.3) is 11.1 Å². The van der Waals surface area contributed by atoms with Gasteiger partial charge in [-0.05, 0) is 41.6 Å². The molecule has 120 valence electrons. The summed E-state index contributed by atoms with van der Waals surface area (Å²) in [5.74, 6) is 0.906. The molecule has 2 heterocycles. The molecule has 0 unspecified atom stereocenters. The number of nitrogens with one attached hydrogen (secondary N) is 2. The molecule has 1 aliphatic rings. The maximum Gasteiger partial charge on any atom is 0.231 e. The minimum atomic E-state index is -0.539. The molecule has 1 saturated heterocycles. The van der Waals surface area contributed by atoms with Gasteiger partial charge in [-0.15, -0.1) is 11.3 Å². The van der Waals surface area contributed by atoms with Crippen molar-refractivity contribution >= 4 is 23.2 Å². The first-order chi connectivity index (χ1) is 10.9. The molecule has 5 nitrogen and oxygen atoms in total. The molecule has 2 aromatic rings. The van der Waals surface area contributed by atoms with E-state index in [0.717, 1.165) is 21.8 Å². The van der Waals surface area contributed by atoms with Crippen LogP contribution in [-0.4, -0.2) is 30.9 Å². The first kappa shape index (κ1) is 15.6. The fraction of sp³-hybridized carbons (Fsp3) is 0.294. The SMILES string of the molecule is COc1cccc(-c2csc([C@]3(C)CC(=O)N(C)C(=N)N3)c2)c1. The zero-order valence-corrected chi connectivity index (χ0v) is 14.2. The lowest BCUT2D eigenvalue weighted by atomic mass is 9.92. The Bertz CT molecular complexity index is 751. The molecule has 0 bridgehead atoms. The summed E-state index contributed by atoms with van der Waals surface area (Å²) >= 11 is 1.60. The van der Waals surface area contributed by atoms with Gasteiger partial charge in [-0.1, -0.05) is 12.1 Å². The Morgan fingerprint density at radius 3 is 2.83 bits per heavy atom. The van der Waals surface area contributed by atoms with Crippen LogP contribution in [-0.2, 0) is 10.3 Å². The van der Waals surface area contributed by atoms with E-state index in [4.69, 9.17) is 10.1 Å². The molecule has 2 N–H and O–H groups in total. The second-order valence-electron chi connectivity index (χ2n) is 5.87. The number of thiophene rings is 1. The van der Waals surface area contributed by atoms with Crippen molar-refractivity contribution in [1.29, 1.82) is 5.41 Å². The number of rotatable bonds is 3. The second-order valence-corrected chi connectivity index (χ2v) is 6.78. The van der Waals surface area contributed by atoms with Gasteiger partial charge in [0.2, 0.25) is 5.91 Å². The summed E-state index contributed by atoms with van der Waals surface area (Å²) in [6.45, 7) is 1.97. The van der Waals surface area contributed by atoms with E-state index >= 15 is 0 Å². The number of hydrogen-bond acceptors (Lipinski definition) is 4. The molecule has 3 rings (SSSR count). The first-order valence-electron chi connectivity index (χ1n) is 7.30. The van der Waals surface area contributed by atoms with Gasteiger partial charge in [0.05, 0.1) is 19.1 Å². The van der Waals surface area contributed by atoms with E-state index < -0.39 is 5.54 Å². The molecule has 0 aliphatic carbocycles. The second kappa shape index (κ2) is 5.70. The average Bonchev–Trinajstić information content (AvgIpc) is 3.03. The Balaban J connectivity index is 1.92. The first-order valence-corrected chi connectivity index (χ1v) is 8.17. The van der Waals surface area contributed by atoms with Crippen molar-refractivity contribution in [2.24, 2.45) is 0 Å². The van der Waals surface area contributed by atoms with E-state index in [1.807, 2.05) is 31.2 Å². The van der Waals surface area contributed by atoms with Crippen LogP contribution < -0.4 is 10.1 Å². The zero-order valence-electron chi connectivity index (χ0n) is 13.3. The van der Waals surface area contributed by atoms with Crippen LogP contribution in [0.2, 0.25) is 0 Å². The number of carbonyl (C=O) groups is 1. The van der Waals surface area contributed by atoms with E-state index in [1.54, 1.807) is 25.5 Å². The van der Waals surface area contributed by atoms with Crippen molar-refractivity contribution in [3.8, 4) is 16.9 Å². The monoisotopic (exact) mass is 329 g/mol. The van der Waals surface area contributed by atoms with Crippen molar-refractivity contribution < 1.29 is 9.53 Å². The number of carbonyl (C=O) groups excluding carboxylic acids is 1. The molecule has 1 aromatic heterocycles. The summed E-state index contributed by atoms with van der Waals surface area (Å²) in [6.07, 6.45) is 0.337. The van der Waals surface area contributed by atoms with E-state index in [2.05, 4.69) is 16.8 Å². The highest BCUT2D eigenvalue weighted by Crippen LogP contribution is 2.36. The van der Waals surface area contributed by atoms with Gasteiger partial charge < -0.3 is 10.1 Å². The van der Waals surface area contributed by atoms with E-state index in [9.17, 15) is 4.79 Å². The van der Waals surface area contributed by atoms with Gasteiger partial charge in [-0.25, -0.2) is 0 Å². The van der Waals surface area contributed by atoms with Crippen LogP contribution in [0.3, 0.4) is 0 Å². The predicted molar refractivity (Wildman–Crippen MR) is 91.9 cm³/mol. The van der Waals surface area contributed by atoms with Crippen molar-refractivity contribution in [3.05, 3.63) is 40.6 Å². The number of amides is 1. The topological polar surface area (TPSA) is 65.4 Å². The van der Waals surface area contributed by atoms with Gasteiger partial charge in [0.15, 0.2) is 5.96 Å². The van der Waals surface area contributed by atoms with Crippen molar-refractivity contribution in [2.45, 2.75) is 18.9 Å². The maximum atomic E-state index is 12.1. The van der Waals surface area contributed by atoms with Crippen LogP contribution in [0.5, 0.6) is 5.75 Å². The summed E-state index contributed by atoms with van der Waals surface area (Å²) in [7, 11) is 3.27. The Kier molecular flexibility index (Phi) is 3.85. The van der Waals surface area contributed by atoms with Gasteiger partial charge in [0.1, 0.15) is 5.75 Å². The minimum absolute atomic E-state index is 0.0485. The van der Waals surface area contributed by atoms with E-state index in [1.165, 1.54) is 4.90 Å². The number of nitrogens with zero attached hydrogens (tertiary/aromatic N) is 1. The number of ether oxygens (including phenoxy) is 1. The lowest BCUT2D eigenvalue weighted by molar-refractivity contribution is -0.129. The minimum Gasteiger partial charge on any atom is -0.497 e. The third-order valence-electron chi connectivity index (χ3n) is 4.15. The van der Waals surface area contributed by atoms with Crippen LogP contribution in [0.1, 0.15) is 18.2 Å². The van der Waals surface area contributed by atoms with Gasteiger partial charge in [0, 0.05) is 11.9 Å². The molecule has 23 heavy (non-hydrogen) atoms. The fourth-order valence-corrected chi connectivity index (χ4v) is 3.70. The molecule has 1 aliphatic heterocycles. The highest BCUT2D eigenvalue weighted by atomic mass is 32.1. The summed E-state index contributed by atoms with van der Waals surface area (Å²) in [5, 5.41) is 13.2. The summed E-state index contributed by atoms with van der Waals surface area (Å²) in [6, 6.07) is 9.98. The Morgan fingerprint density at radius 2 is 2.13 bits per heavy atom. The lowest BCUT2D eigenvalue weighted by Crippen LogP contribution is -2.57. The number of guanidine groups is 1. The van der Waals surface area contributed by atoms with Gasteiger partial charge in [-0.2, -0.15) is 0 Å². The summed E-state index contributed by atoms with van der Waals surface area (Å²) in [4.78, 5) is 14.5. The Hall–Kier alpha value is -2.34. The molecule has 0 saturated carbocycles. The molecule has 6 heteroatoms. The normalized spacial score (nSPS) is 21.3. The van der Waals surface area contributed by atoms with E-state index in [-0.39, 0.29) is 11.9 Å².